The van der Waals surface area contributed by atoms with E-state index in [1.54, 1.807) is 14.0 Å². The molecule has 2 rings (SSSR count). The van der Waals surface area contributed by atoms with Crippen LogP contribution in [0.15, 0.2) is 49.1 Å². The van der Waals surface area contributed by atoms with Gasteiger partial charge in [-0.05, 0) is 50.8 Å². The summed E-state index contributed by atoms with van der Waals surface area (Å²) in [5, 5.41) is 9.80. The van der Waals surface area contributed by atoms with Crippen LogP contribution >= 0.6 is 0 Å². The minimum Gasteiger partial charge on any atom is -0.497 e. The molecule has 1 aromatic rings. The summed E-state index contributed by atoms with van der Waals surface area (Å²) in [6.07, 6.45) is 5.33. The Morgan fingerprint density at radius 1 is 1.18 bits per heavy atom. The zero-order chi connectivity index (χ0) is 20.7. The first kappa shape index (κ1) is 22.6. The fourth-order valence-corrected chi connectivity index (χ4v) is 3.11. The molecule has 1 saturated heterocycles. The van der Waals surface area contributed by atoms with Crippen LogP contribution < -0.4 is 4.74 Å². The Hall–Kier alpha value is -1.66. The predicted octanol–water partition coefficient (Wildman–Crippen LogP) is 4.25. The van der Waals surface area contributed by atoms with Crippen molar-refractivity contribution >= 4 is 0 Å². The topological polar surface area (TPSA) is 57.2 Å². The standard InChI is InChI=1S/C23H34O5/c1-7-8-21-22(28-23(4,5)27-21)20(14-9-16(2)17(3)24)26-15-18-10-12-19(25-6)13-11-18/h7,9-14,16-17,20-22,24H,1,8,15H2,2-6H3/t16-,17+,20-,21+,22-/m1/s1. The predicted molar refractivity (Wildman–Crippen MR) is 110 cm³/mol. The van der Waals surface area contributed by atoms with Crippen LogP contribution in [0.3, 0.4) is 0 Å². The van der Waals surface area contributed by atoms with Gasteiger partial charge in [0, 0.05) is 0 Å². The van der Waals surface area contributed by atoms with E-state index < -0.39 is 11.9 Å². The highest BCUT2D eigenvalue weighted by Gasteiger charge is 2.44. The number of aliphatic hydroxyl groups excluding tert-OH is 1. The van der Waals surface area contributed by atoms with Gasteiger partial charge >= 0.3 is 0 Å². The van der Waals surface area contributed by atoms with Crippen molar-refractivity contribution in [2.24, 2.45) is 5.92 Å². The molecular weight excluding hydrogens is 356 g/mol. The van der Waals surface area contributed by atoms with Gasteiger partial charge in [-0.3, -0.25) is 0 Å². The van der Waals surface area contributed by atoms with Gasteiger partial charge in [-0.2, -0.15) is 0 Å². The van der Waals surface area contributed by atoms with Gasteiger partial charge in [-0.1, -0.05) is 37.3 Å². The maximum Gasteiger partial charge on any atom is 0.163 e. The molecular formula is C23H34O5. The number of benzene rings is 1. The molecule has 0 aromatic heterocycles. The Kier molecular flexibility index (Phi) is 8.25. The molecule has 0 aliphatic carbocycles. The Bertz CT molecular complexity index is 635. The minimum absolute atomic E-state index is 0.0141. The lowest BCUT2D eigenvalue weighted by Gasteiger charge is -2.25. The molecule has 1 heterocycles. The van der Waals surface area contributed by atoms with Crippen molar-refractivity contribution in [3.8, 4) is 5.75 Å². The van der Waals surface area contributed by atoms with Crippen LogP contribution in [0.2, 0.25) is 0 Å². The van der Waals surface area contributed by atoms with Crippen molar-refractivity contribution < 1.29 is 24.1 Å². The van der Waals surface area contributed by atoms with Crippen molar-refractivity contribution in [2.75, 3.05) is 7.11 Å². The number of hydrogen-bond acceptors (Lipinski definition) is 5. The Labute approximate surface area is 168 Å². The molecule has 1 N–H and O–H groups in total. The number of aliphatic hydroxyl groups is 1. The molecule has 5 atom stereocenters. The van der Waals surface area contributed by atoms with E-state index in [0.29, 0.717) is 13.0 Å². The van der Waals surface area contributed by atoms with Gasteiger partial charge in [0.2, 0.25) is 0 Å². The van der Waals surface area contributed by atoms with Crippen molar-refractivity contribution in [1.29, 1.82) is 0 Å². The summed E-state index contributed by atoms with van der Waals surface area (Å²) in [5.41, 5.74) is 1.04. The quantitative estimate of drug-likeness (QED) is 0.605. The molecule has 1 aliphatic heterocycles. The highest BCUT2D eigenvalue weighted by Crippen LogP contribution is 2.33. The summed E-state index contributed by atoms with van der Waals surface area (Å²) in [6, 6.07) is 7.79. The summed E-state index contributed by atoms with van der Waals surface area (Å²) in [7, 11) is 1.65. The largest absolute Gasteiger partial charge is 0.497 e. The molecule has 1 aliphatic rings. The fraction of sp³-hybridized carbons (Fsp3) is 0.565. The van der Waals surface area contributed by atoms with Gasteiger partial charge in [0.1, 0.15) is 18.0 Å². The number of hydrogen-bond donors (Lipinski definition) is 1. The molecule has 0 bridgehead atoms. The molecule has 1 aromatic carbocycles. The Morgan fingerprint density at radius 3 is 2.43 bits per heavy atom. The van der Waals surface area contributed by atoms with Crippen LogP contribution in [-0.4, -0.2) is 42.4 Å². The fourth-order valence-electron chi connectivity index (χ4n) is 3.11. The molecule has 5 heteroatoms. The molecule has 1 fully saturated rings. The highest BCUT2D eigenvalue weighted by atomic mass is 16.8. The Morgan fingerprint density at radius 2 is 1.86 bits per heavy atom. The number of ether oxygens (including phenoxy) is 4. The molecule has 156 valence electrons. The van der Waals surface area contributed by atoms with Crippen molar-refractivity contribution in [2.45, 2.75) is 70.9 Å². The SMILES string of the molecule is C=CC[C@@H]1OC(C)(C)O[C@@H]1[C@@H](C=C[C@@H](C)[C@H](C)O)OCc1ccc(OC)cc1. The molecule has 0 unspecified atom stereocenters. The average molecular weight is 391 g/mol. The van der Waals surface area contributed by atoms with Crippen molar-refractivity contribution in [3.05, 3.63) is 54.6 Å². The third kappa shape index (κ3) is 6.45. The van der Waals surface area contributed by atoms with Gasteiger partial charge in [0.05, 0.1) is 25.9 Å². The summed E-state index contributed by atoms with van der Waals surface area (Å²) in [5.74, 6) is 0.149. The summed E-state index contributed by atoms with van der Waals surface area (Å²) in [4.78, 5) is 0. The molecule has 0 amide bonds. The molecule has 0 saturated carbocycles. The summed E-state index contributed by atoms with van der Waals surface area (Å²) >= 11 is 0. The van der Waals surface area contributed by atoms with Crippen LogP contribution in [0.25, 0.3) is 0 Å². The highest BCUT2D eigenvalue weighted by molar-refractivity contribution is 5.26. The van der Waals surface area contributed by atoms with Gasteiger partial charge < -0.3 is 24.1 Å². The van der Waals surface area contributed by atoms with Gasteiger partial charge in [0.15, 0.2) is 5.79 Å². The molecule has 0 radical (unpaired) electrons. The van der Waals surface area contributed by atoms with E-state index in [1.165, 1.54) is 0 Å². The van der Waals surface area contributed by atoms with E-state index in [1.807, 2.05) is 63.3 Å². The van der Waals surface area contributed by atoms with E-state index in [4.69, 9.17) is 18.9 Å². The van der Waals surface area contributed by atoms with Gasteiger partial charge in [0.25, 0.3) is 0 Å². The maximum atomic E-state index is 9.80. The van der Waals surface area contributed by atoms with E-state index >= 15 is 0 Å². The molecule has 28 heavy (non-hydrogen) atoms. The second-order valence-electron chi connectivity index (χ2n) is 7.77. The lowest BCUT2D eigenvalue weighted by Crippen LogP contribution is -2.36. The van der Waals surface area contributed by atoms with Crippen LogP contribution in [0, 0.1) is 5.92 Å². The second-order valence-corrected chi connectivity index (χ2v) is 7.77. The number of methoxy groups -OCH3 is 1. The average Bonchev–Trinajstić information content (AvgIpc) is 2.96. The normalized spacial score (nSPS) is 24.8. The third-order valence-corrected chi connectivity index (χ3v) is 4.91. The first-order valence-electron chi connectivity index (χ1n) is 9.83. The van der Waals surface area contributed by atoms with E-state index in [0.717, 1.165) is 11.3 Å². The first-order valence-corrected chi connectivity index (χ1v) is 9.83. The molecule has 5 nitrogen and oxygen atoms in total. The second kappa shape index (κ2) is 10.2. The lowest BCUT2D eigenvalue weighted by atomic mass is 10.0. The summed E-state index contributed by atoms with van der Waals surface area (Å²) < 4.78 is 23.7. The van der Waals surface area contributed by atoms with Crippen LogP contribution in [0.4, 0.5) is 0 Å². The maximum absolute atomic E-state index is 9.80. The van der Waals surface area contributed by atoms with Crippen LogP contribution in [0.5, 0.6) is 5.75 Å². The number of rotatable bonds is 10. The van der Waals surface area contributed by atoms with E-state index in [9.17, 15) is 5.11 Å². The van der Waals surface area contributed by atoms with Crippen LogP contribution in [0.1, 0.15) is 39.7 Å². The monoisotopic (exact) mass is 390 g/mol. The van der Waals surface area contributed by atoms with Gasteiger partial charge in [-0.15, -0.1) is 6.58 Å². The minimum atomic E-state index is -0.677. The van der Waals surface area contributed by atoms with E-state index in [-0.39, 0.29) is 24.2 Å². The summed E-state index contributed by atoms with van der Waals surface area (Å²) in [6.45, 7) is 11.8. The smallest absolute Gasteiger partial charge is 0.163 e. The van der Waals surface area contributed by atoms with Crippen LogP contribution in [-0.2, 0) is 20.8 Å². The zero-order valence-electron chi connectivity index (χ0n) is 17.6. The first-order chi connectivity index (χ1) is 13.3. The lowest BCUT2D eigenvalue weighted by molar-refractivity contribution is -0.156. The van der Waals surface area contributed by atoms with Crippen molar-refractivity contribution in [3.63, 3.8) is 0 Å². The molecule has 0 spiro atoms. The van der Waals surface area contributed by atoms with E-state index in [2.05, 4.69) is 6.58 Å². The van der Waals surface area contributed by atoms with Crippen molar-refractivity contribution in [1.82, 2.24) is 0 Å². The van der Waals surface area contributed by atoms with Gasteiger partial charge in [-0.25, -0.2) is 0 Å². The zero-order valence-corrected chi connectivity index (χ0v) is 17.6. The third-order valence-electron chi connectivity index (χ3n) is 4.91. The Balaban J connectivity index is 2.16.